The number of amides is 1. The molecular weight excluding hydrogens is 304 g/mol. The smallest absolute Gasteiger partial charge is 0.305 e. The van der Waals surface area contributed by atoms with Crippen molar-refractivity contribution in [3.63, 3.8) is 0 Å². The van der Waals surface area contributed by atoms with Crippen molar-refractivity contribution >= 4 is 11.7 Å². The van der Waals surface area contributed by atoms with Crippen LogP contribution in [-0.4, -0.2) is 15.9 Å². The second kappa shape index (κ2) is 5.77. The van der Waals surface area contributed by atoms with E-state index in [1.165, 1.54) is 6.07 Å². The van der Waals surface area contributed by atoms with E-state index in [4.69, 9.17) is 5.26 Å². The molecule has 1 N–H and O–H groups in total. The molecule has 5 nitrogen and oxygen atoms in total. The van der Waals surface area contributed by atoms with E-state index in [0.717, 1.165) is 24.4 Å². The Morgan fingerprint density at radius 1 is 1.27 bits per heavy atom. The van der Waals surface area contributed by atoms with Gasteiger partial charge >= 0.3 is 6.18 Å². The van der Waals surface area contributed by atoms with Gasteiger partial charge in [0.2, 0.25) is 0 Å². The van der Waals surface area contributed by atoms with Crippen molar-refractivity contribution in [2.75, 3.05) is 5.32 Å². The lowest BCUT2D eigenvalue weighted by atomic mass is 10.2. The minimum atomic E-state index is -4.80. The molecular formula is C13H6F4N4O. The lowest BCUT2D eigenvalue weighted by molar-refractivity contribution is -0.141. The van der Waals surface area contributed by atoms with Crippen LogP contribution in [0.3, 0.4) is 0 Å². The van der Waals surface area contributed by atoms with Crippen molar-refractivity contribution in [3.05, 3.63) is 53.2 Å². The van der Waals surface area contributed by atoms with Crippen LogP contribution in [0.1, 0.15) is 21.7 Å². The molecule has 2 rings (SSSR count). The normalized spacial score (nSPS) is 10.9. The van der Waals surface area contributed by atoms with Gasteiger partial charge in [-0.05, 0) is 24.3 Å². The molecule has 9 heteroatoms. The molecule has 22 heavy (non-hydrogen) atoms. The Bertz CT molecular complexity index is 750. The first-order chi connectivity index (χ1) is 10.3. The van der Waals surface area contributed by atoms with Crippen LogP contribution in [0.25, 0.3) is 0 Å². The Morgan fingerprint density at radius 3 is 2.55 bits per heavy atom. The molecule has 0 aromatic carbocycles. The number of rotatable bonds is 2. The molecule has 2 heterocycles. The van der Waals surface area contributed by atoms with Crippen LogP contribution in [0.5, 0.6) is 0 Å². The van der Waals surface area contributed by atoms with Gasteiger partial charge in [0.15, 0.2) is 0 Å². The summed E-state index contributed by atoms with van der Waals surface area (Å²) >= 11 is 0. The monoisotopic (exact) mass is 310 g/mol. The Hall–Kier alpha value is -3.02. The number of hydrogen-bond donors (Lipinski definition) is 1. The van der Waals surface area contributed by atoms with Gasteiger partial charge in [0.25, 0.3) is 5.91 Å². The molecule has 0 radical (unpaired) electrons. The van der Waals surface area contributed by atoms with Crippen LogP contribution in [0.4, 0.5) is 23.4 Å². The van der Waals surface area contributed by atoms with E-state index in [-0.39, 0.29) is 11.4 Å². The number of nitrogens with one attached hydrogen (secondary N) is 1. The number of halogens is 4. The molecule has 2 aromatic heterocycles. The van der Waals surface area contributed by atoms with Crippen LogP contribution in [0.2, 0.25) is 0 Å². The molecule has 0 aliphatic carbocycles. The number of pyridine rings is 2. The maximum atomic E-state index is 12.7. The summed E-state index contributed by atoms with van der Waals surface area (Å²) in [6.45, 7) is 0. The quantitative estimate of drug-likeness (QED) is 0.865. The van der Waals surface area contributed by atoms with Gasteiger partial charge in [-0.3, -0.25) is 4.79 Å². The highest BCUT2D eigenvalue weighted by Gasteiger charge is 2.33. The molecule has 0 atom stereocenters. The van der Waals surface area contributed by atoms with Gasteiger partial charge in [-0.2, -0.15) is 18.4 Å². The minimum absolute atomic E-state index is 0.0656. The third kappa shape index (κ3) is 3.54. The van der Waals surface area contributed by atoms with Gasteiger partial charge < -0.3 is 5.32 Å². The number of nitrogens with zero attached hydrogens (tertiary/aromatic N) is 3. The summed E-state index contributed by atoms with van der Waals surface area (Å²) in [6, 6.07) is 5.11. The van der Waals surface area contributed by atoms with Gasteiger partial charge in [0, 0.05) is 0 Å². The lowest BCUT2D eigenvalue weighted by Crippen LogP contribution is -2.18. The number of nitriles is 1. The molecule has 0 aliphatic heterocycles. The van der Waals surface area contributed by atoms with Crippen molar-refractivity contribution in [1.82, 2.24) is 9.97 Å². The standard InChI is InChI=1S/C13H6F4N4O/c14-8-1-2-11(19-6-8)21-12(22)9-3-7(5-18)4-10(20-9)13(15,16)17/h1-4,6H,(H,19,21,22). The molecule has 1 amide bonds. The highest BCUT2D eigenvalue weighted by Crippen LogP contribution is 2.28. The van der Waals surface area contributed by atoms with Gasteiger partial charge in [0.05, 0.1) is 17.8 Å². The number of carbonyl (C=O) groups excluding carboxylic acids is 1. The number of hydrogen-bond acceptors (Lipinski definition) is 4. The fourth-order valence-electron chi connectivity index (χ4n) is 1.49. The van der Waals surface area contributed by atoms with E-state index in [0.29, 0.717) is 6.07 Å². The van der Waals surface area contributed by atoms with Crippen molar-refractivity contribution in [2.45, 2.75) is 6.18 Å². The largest absolute Gasteiger partial charge is 0.433 e. The third-order valence-corrected chi connectivity index (χ3v) is 2.45. The molecule has 0 fully saturated rings. The van der Waals surface area contributed by atoms with Crippen molar-refractivity contribution in [2.24, 2.45) is 0 Å². The summed E-state index contributed by atoms with van der Waals surface area (Å²) in [5.74, 6) is -1.70. The number of alkyl halides is 3. The van der Waals surface area contributed by atoms with Crippen LogP contribution in [-0.2, 0) is 6.18 Å². The molecule has 0 unspecified atom stereocenters. The van der Waals surface area contributed by atoms with E-state index >= 15 is 0 Å². The van der Waals surface area contributed by atoms with Crippen molar-refractivity contribution in [3.8, 4) is 6.07 Å². The summed E-state index contributed by atoms with van der Waals surface area (Å²) in [4.78, 5) is 18.6. The van der Waals surface area contributed by atoms with E-state index in [1.54, 1.807) is 0 Å². The summed E-state index contributed by atoms with van der Waals surface area (Å²) in [5, 5.41) is 10.9. The Morgan fingerprint density at radius 2 is 2.00 bits per heavy atom. The fraction of sp³-hybridized carbons (Fsp3) is 0.0769. The molecule has 112 valence electrons. The van der Waals surface area contributed by atoms with Crippen LogP contribution >= 0.6 is 0 Å². The number of carbonyl (C=O) groups is 1. The van der Waals surface area contributed by atoms with E-state index < -0.39 is 29.3 Å². The summed E-state index contributed by atoms with van der Waals surface area (Å²) in [5.41, 5.74) is -2.32. The Balaban J connectivity index is 2.33. The average Bonchev–Trinajstić information content (AvgIpc) is 2.48. The van der Waals surface area contributed by atoms with Crippen LogP contribution < -0.4 is 5.32 Å². The summed E-state index contributed by atoms with van der Waals surface area (Å²) in [7, 11) is 0. The number of aromatic nitrogens is 2. The third-order valence-electron chi connectivity index (χ3n) is 2.45. The van der Waals surface area contributed by atoms with Crippen LogP contribution in [0, 0.1) is 17.1 Å². The highest BCUT2D eigenvalue weighted by molar-refractivity contribution is 6.02. The molecule has 0 aliphatic rings. The Labute approximate surface area is 121 Å². The first-order valence-corrected chi connectivity index (χ1v) is 5.72. The molecule has 0 saturated heterocycles. The second-order valence-corrected chi connectivity index (χ2v) is 4.05. The summed E-state index contributed by atoms with van der Waals surface area (Å²) in [6.07, 6.45) is -3.97. The van der Waals surface area contributed by atoms with Crippen molar-refractivity contribution < 1.29 is 22.4 Å². The van der Waals surface area contributed by atoms with Gasteiger partial charge in [-0.1, -0.05) is 0 Å². The van der Waals surface area contributed by atoms with Crippen molar-refractivity contribution in [1.29, 1.82) is 5.26 Å². The zero-order chi connectivity index (χ0) is 16.3. The first kappa shape index (κ1) is 15.4. The Kier molecular flexibility index (Phi) is 4.03. The molecule has 0 bridgehead atoms. The lowest BCUT2D eigenvalue weighted by Gasteiger charge is -2.09. The van der Waals surface area contributed by atoms with Gasteiger partial charge in [0.1, 0.15) is 23.0 Å². The minimum Gasteiger partial charge on any atom is -0.305 e. The molecule has 0 spiro atoms. The summed E-state index contributed by atoms with van der Waals surface area (Å²) < 4.78 is 50.7. The maximum Gasteiger partial charge on any atom is 0.433 e. The maximum absolute atomic E-state index is 12.7. The molecule has 0 saturated carbocycles. The number of anilines is 1. The highest BCUT2D eigenvalue weighted by atomic mass is 19.4. The van der Waals surface area contributed by atoms with E-state index in [9.17, 15) is 22.4 Å². The zero-order valence-corrected chi connectivity index (χ0v) is 10.6. The zero-order valence-electron chi connectivity index (χ0n) is 10.6. The first-order valence-electron chi connectivity index (χ1n) is 5.72. The predicted molar refractivity (Wildman–Crippen MR) is 66.1 cm³/mol. The van der Waals surface area contributed by atoms with E-state index in [1.807, 2.05) is 0 Å². The van der Waals surface area contributed by atoms with Gasteiger partial charge in [-0.25, -0.2) is 14.4 Å². The van der Waals surface area contributed by atoms with E-state index in [2.05, 4.69) is 15.3 Å². The topological polar surface area (TPSA) is 78.7 Å². The second-order valence-electron chi connectivity index (χ2n) is 4.05. The SMILES string of the molecule is N#Cc1cc(C(=O)Nc2ccc(F)cn2)nc(C(F)(F)F)c1. The predicted octanol–water partition coefficient (Wildman–Crippen LogP) is 2.76. The fourth-order valence-corrected chi connectivity index (χ4v) is 1.49. The average molecular weight is 310 g/mol. The van der Waals surface area contributed by atoms with Crippen LogP contribution in [0.15, 0.2) is 30.5 Å². The molecule has 2 aromatic rings. The van der Waals surface area contributed by atoms with Gasteiger partial charge in [-0.15, -0.1) is 0 Å².